The Morgan fingerprint density at radius 2 is 2.25 bits per heavy atom. The molecule has 0 bridgehead atoms. The average molecular weight is 216 g/mol. The van der Waals surface area contributed by atoms with Crippen LogP contribution in [0, 0.1) is 0 Å². The van der Waals surface area contributed by atoms with Gasteiger partial charge in [0.05, 0.1) is 5.52 Å². The Bertz CT molecular complexity index is 500. The summed E-state index contributed by atoms with van der Waals surface area (Å²) in [5.41, 5.74) is 2.07. The lowest BCUT2D eigenvalue weighted by Gasteiger charge is -2.26. The number of para-hydroxylation sites is 1. The summed E-state index contributed by atoms with van der Waals surface area (Å²) in [5, 5.41) is 14.3. The summed E-state index contributed by atoms with van der Waals surface area (Å²) < 4.78 is 0. The molecule has 0 saturated heterocycles. The van der Waals surface area contributed by atoms with Gasteiger partial charge in [0, 0.05) is 24.2 Å². The van der Waals surface area contributed by atoms with Crippen LogP contribution in [0.2, 0.25) is 0 Å². The van der Waals surface area contributed by atoms with Crippen molar-refractivity contribution in [1.29, 1.82) is 0 Å². The number of hydrogen-bond acceptors (Lipinski definition) is 2. The third kappa shape index (κ3) is 1.57. The molecule has 0 atom stereocenters. The SMILES string of the molecule is Oc1cccc2c(CNC3CCC3)c[nH]c12. The van der Waals surface area contributed by atoms with Crippen LogP contribution in [-0.2, 0) is 6.54 Å². The number of nitrogens with one attached hydrogen (secondary N) is 2. The van der Waals surface area contributed by atoms with E-state index in [1.54, 1.807) is 6.07 Å². The minimum Gasteiger partial charge on any atom is -0.506 e. The highest BCUT2D eigenvalue weighted by molar-refractivity contribution is 5.87. The highest BCUT2D eigenvalue weighted by Crippen LogP contribution is 2.26. The second-order valence-electron chi connectivity index (χ2n) is 4.52. The first-order valence-corrected chi connectivity index (χ1v) is 5.86. The molecule has 3 rings (SSSR count). The summed E-state index contributed by atoms with van der Waals surface area (Å²) in [4.78, 5) is 3.13. The molecule has 0 unspecified atom stereocenters. The number of aromatic hydroxyl groups is 1. The van der Waals surface area contributed by atoms with Gasteiger partial charge in [0.2, 0.25) is 0 Å². The average Bonchev–Trinajstić information content (AvgIpc) is 2.61. The van der Waals surface area contributed by atoms with Crippen LogP contribution in [0.4, 0.5) is 0 Å². The fourth-order valence-corrected chi connectivity index (χ4v) is 2.21. The molecule has 16 heavy (non-hydrogen) atoms. The van der Waals surface area contributed by atoms with Gasteiger partial charge in [-0.25, -0.2) is 0 Å². The third-order valence-electron chi connectivity index (χ3n) is 3.47. The van der Waals surface area contributed by atoms with Crippen molar-refractivity contribution < 1.29 is 5.11 Å². The van der Waals surface area contributed by atoms with E-state index >= 15 is 0 Å². The highest BCUT2D eigenvalue weighted by atomic mass is 16.3. The van der Waals surface area contributed by atoms with Gasteiger partial charge in [-0.2, -0.15) is 0 Å². The van der Waals surface area contributed by atoms with Crippen molar-refractivity contribution in [1.82, 2.24) is 10.3 Å². The van der Waals surface area contributed by atoms with Crippen LogP contribution >= 0.6 is 0 Å². The summed E-state index contributed by atoms with van der Waals surface area (Å²) in [7, 11) is 0. The number of aromatic nitrogens is 1. The standard InChI is InChI=1S/C13H16N2O/c16-12-6-2-5-11-9(8-15-13(11)12)7-14-10-3-1-4-10/h2,5-6,8,10,14-16H,1,3-4,7H2. The van der Waals surface area contributed by atoms with Gasteiger partial charge in [-0.15, -0.1) is 0 Å². The van der Waals surface area contributed by atoms with Crippen LogP contribution in [0.15, 0.2) is 24.4 Å². The lowest BCUT2D eigenvalue weighted by Crippen LogP contribution is -2.34. The zero-order chi connectivity index (χ0) is 11.0. The number of phenols is 1. The Kier molecular flexibility index (Phi) is 2.33. The summed E-state index contributed by atoms with van der Waals surface area (Å²) in [5.74, 6) is 0.326. The molecular formula is C13H16N2O. The van der Waals surface area contributed by atoms with Gasteiger partial charge in [0.25, 0.3) is 0 Å². The molecule has 1 fully saturated rings. The fraction of sp³-hybridized carbons (Fsp3) is 0.385. The number of rotatable bonds is 3. The molecule has 0 radical (unpaired) electrons. The van der Waals surface area contributed by atoms with Gasteiger partial charge in [-0.05, 0) is 24.5 Å². The Hall–Kier alpha value is -1.48. The predicted octanol–water partition coefficient (Wildman–Crippen LogP) is 2.52. The smallest absolute Gasteiger partial charge is 0.139 e. The van der Waals surface area contributed by atoms with E-state index in [1.807, 2.05) is 18.3 Å². The van der Waals surface area contributed by atoms with E-state index in [2.05, 4.69) is 10.3 Å². The zero-order valence-electron chi connectivity index (χ0n) is 9.16. The fourth-order valence-electron chi connectivity index (χ4n) is 2.21. The van der Waals surface area contributed by atoms with E-state index < -0.39 is 0 Å². The molecule has 0 amide bonds. The number of aromatic amines is 1. The number of fused-ring (bicyclic) bond motifs is 1. The Morgan fingerprint density at radius 3 is 3.00 bits per heavy atom. The van der Waals surface area contributed by atoms with E-state index in [1.165, 1.54) is 24.8 Å². The van der Waals surface area contributed by atoms with Crippen molar-refractivity contribution in [3.63, 3.8) is 0 Å². The van der Waals surface area contributed by atoms with E-state index in [0.717, 1.165) is 17.4 Å². The van der Waals surface area contributed by atoms with Crippen molar-refractivity contribution in [3.8, 4) is 5.75 Å². The van der Waals surface area contributed by atoms with Crippen LogP contribution in [0.3, 0.4) is 0 Å². The van der Waals surface area contributed by atoms with Gasteiger partial charge in [0.15, 0.2) is 0 Å². The quantitative estimate of drug-likeness (QED) is 0.738. The highest BCUT2D eigenvalue weighted by Gasteiger charge is 2.16. The summed E-state index contributed by atoms with van der Waals surface area (Å²) in [6, 6.07) is 6.34. The zero-order valence-corrected chi connectivity index (χ0v) is 9.16. The van der Waals surface area contributed by atoms with Crippen molar-refractivity contribution in [2.24, 2.45) is 0 Å². The van der Waals surface area contributed by atoms with Gasteiger partial charge in [-0.1, -0.05) is 18.6 Å². The molecule has 3 N–H and O–H groups in total. The third-order valence-corrected chi connectivity index (χ3v) is 3.47. The Morgan fingerprint density at radius 1 is 1.38 bits per heavy atom. The second-order valence-corrected chi connectivity index (χ2v) is 4.52. The summed E-state index contributed by atoms with van der Waals surface area (Å²) >= 11 is 0. The molecule has 1 aliphatic carbocycles. The van der Waals surface area contributed by atoms with Crippen molar-refractivity contribution in [3.05, 3.63) is 30.0 Å². The Labute approximate surface area is 94.5 Å². The molecule has 1 aromatic carbocycles. The van der Waals surface area contributed by atoms with Gasteiger partial charge in [0.1, 0.15) is 5.75 Å². The lowest BCUT2D eigenvalue weighted by atomic mass is 9.93. The minimum absolute atomic E-state index is 0.326. The van der Waals surface area contributed by atoms with Crippen molar-refractivity contribution in [2.45, 2.75) is 31.8 Å². The first kappa shape index (κ1) is 9.73. The molecule has 3 nitrogen and oxygen atoms in total. The van der Waals surface area contributed by atoms with Crippen LogP contribution < -0.4 is 5.32 Å². The van der Waals surface area contributed by atoms with E-state index in [0.29, 0.717) is 11.8 Å². The monoisotopic (exact) mass is 216 g/mol. The minimum atomic E-state index is 0.326. The summed E-state index contributed by atoms with van der Waals surface area (Å²) in [6.45, 7) is 0.883. The Balaban J connectivity index is 1.83. The maximum absolute atomic E-state index is 9.67. The largest absolute Gasteiger partial charge is 0.506 e. The van der Waals surface area contributed by atoms with E-state index in [9.17, 15) is 5.11 Å². The second kappa shape index (κ2) is 3.83. The van der Waals surface area contributed by atoms with Crippen molar-refractivity contribution in [2.75, 3.05) is 0 Å². The van der Waals surface area contributed by atoms with Gasteiger partial charge >= 0.3 is 0 Å². The van der Waals surface area contributed by atoms with Crippen LogP contribution in [0.25, 0.3) is 10.9 Å². The molecule has 1 aliphatic rings. The molecule has 1 heterocycles. The number of benzene rings is 1. The molecule has 0 spiro atoms. The topological polar surface area (TPSA) is 48.0 Å². The molecule has 1 aromatic heterocycles. The molecular weight excluding hydrogens is 200 g/mol. The summed E-state index contributed by atoms with van der Waals surface area (Å²) in [6.07, 6.45) is 5.93. The maximum Gasteiger partial charge on any atom is 0.139 e. The van der Waals surface area contributed by atoms with E-state index in [-0.39, 0.29) is 0 Å². The van der Waals surface area contributed by atoms with Gasteiger partial charge in [-0.3, -0.25) is 0 Å². The van der Waals surface area contributed by atoms with E-state index in [4.69, 9.17) is 0 Å². The number of phenolic OH excluding ortho intramolecular Hbond substituents is 1. The molecule has 84 valence electrons. The predicted molar refractivity (Wildman–Crippen MR) is 64.4 cm³/mol. The van der Waals surface area contributed by atoms with Crippen LogP contribution in [-0.4, -0.2) is 16.1 Å². The first-order chi connectivity index (χ1) is 7.84. The molecule has 2 aromatic rings. The molecule has 3 heteroatoms. The normalized spacial score (nSPS) is 16.5. The molecule has 0 aliphatic heterocycles. The number of hydrogen-bond donors (Lipinski definition) is 3. The van der Waals surface area contributed by atoms with Crippen LogP contribution in [0.5, 0.6) is 5.75 Å². The lowest BCUT2D eigenvalue weighted by molar-refractivity contribution is 0.338. The van der Waals surface area contributed by atoms with Crippen LogP contribution in [0.1, 0.15) is 24.8 Å². The van der Waals surface area contributed by atoms with Crippen molar-refractivity contribution >= 4 is 10.9 Å². The first-order valence-electron chi connectivity index (χ1n) is 5.86. The molecule has 1 saturated carbocycles. The number of H-pyrrole nitrogens is 1. The van der Waals surface area contributed by atoms with Gasteiger partial charge < -0.3 is 15.4 Å². The maximum atomic E-state index is 9.67.